The van der Waals surface area contributed by atoms with Gasteiger partial charge in [0.05, 0.1) is 17.2 Å². The molecule has 0 spiro atoms. The first-order valence-electron chi connectivity index (χ1n) is 6.68. The summed E-state index contributed by atoms with van der Waals surface area (Å²) in [5.41, 5.74) is 1.09. The fraction of sp³-hybridized carbons (Fsp3) is 0.692. The van der Waals surface area contributed by atoms with Crippen molar-refractivity contribution in [3.05, 3.63) is 16.1 Å². The minimum Gasteiger partial charge on any atom is -0.355 e. The van der Waals surface area contributed by atoms with Crippen LogP contribution in [0.25, 0.3) is 0 Å². The molecular weight excluding hydrogens is 246 g/mol. The fourth-order valence-electron chi connectivity index (χ4n) is 1.73. The van der Waals surface area contributed by atoms with E-state index in [9.17, 15) is 4.79 Å². The van der Waals surface area contributed by atoms with E-state index in [1.54, 1.807) is 11.3 Å². The lowest BCUT2D eigenvalue weighted by molar-refractivity contribution is -0.120. The second-order valence-electron chi connectivity index (χ2n) is 4.76. The lowest BCUT2D eigenvalue weighted by Crippen LogP contribution is -2.35. The minimum absolute atomic E-state index is 0.0848. The Morgan fingerprint density at radius 3 is 3.06 bits per heavy atom. The Labute approximate surface area is 112 Å². The number of aromatic nitrogens is 1. The highest BCUT2D eigenvalue weighted by Crippen LogP contribution is 2.27. The molecule has 1 aliphatic carbocycles. The number of amides is 1. The number of nitrogens with one attached hydrogen (secondary N) is 2. The molecule has 4 nitrogen and oxygen atoms in total. The molecule has 1 amide bonds. The van der Waals surface area contributed by atoms with Gasteiger partial charge in [-0.05, 0) is 31.7 Å². The molecule has 100 valence electrons. The van der Waals surface area contributed by atoms with Gasteiger partial charge in [-0.2, -0.15) is 0 Å². The minimum atomic E-state index is 0.0848. The number of thiazole rings is 1. The van der Waals surface area contributed by atoms with Crippen LogP contribution in [0.5, 0.6) is 0 Å². The summed E-state index contributed by atoms with van der Waals surface area (Å²) in [5.74, 6) is 0.905. The summed E-state index contributed by atoms with van der Waals surface area (Å²) in [6, 6.07) is 0. The van der Waals surface area contributed by atoms with E-state index in [0.717, 1.165) is 31.0 Å². The SMILES string of the molecule is CCc1nc(CCNC(=O)CNCC2CC2)cs1. The smallest absolute Gasteiger partial charge is 0.233 e. The van der Waals surface area contributed by atoms with E-state index in [1.807, 2.05) is 0 Å². The van der Waals surface area contributed by atoms with Gasteiger partial charge in [-0.1, -0.05) is 6.92 Å². The fourth-order valence-corrected chi connectivity index (χ4v) is 2.51. The lowest BCUT2D eigenvalue weighted by atomic mass is 10.3. The van der Waals surface area contributed by atoms with Crippen molar-refractivity contribution in [2.24, 2.45) is 5.92 Å². The first-order valence-corrected chi connectivity index (χ1v) is 7.56. The highest BCUT2D eigenvalue weighted by atomic mass is 32.1. The van der Waals surface area contributed by atoms with E-state index in [4.69, 9.17) is 0 Å². The molecule has 0 atom stereocenters. The van der Waals surface area contributed by atoms with Crippen molar-refractivity contribution in [2.45, 2.75) is 32.6 Å². The number of hydrogen-bond acceptors (Lipinski definition) is 4. The Morgan fingerprint density at radius 2 is 2.39 bits per heavy atom. The Balaban J connectivity index is 1.54. The normalized spacial score (nSPS) is 14.7. The average Bonchev–Trinajstić information content (AvgIpc) is 3.07. The van der Waals surface area contributed by atoms with Crippen molar-refractivity contribution in [2.75, 3.05) is 19.6 Å². The van der Waals surface area contributed by atoms with Crippen molar-refractivity contribution >= 4 is 17.2 Å². The van der Waals surface area contributed by atoms with Crippen molar-refractivity contribution in [1.29, 1.82) is 0 Å². The molecule has 2 N–H and O–H groups in total. The molecule has 0 aromatic carbocycles. The molecule has 0 radical (unpaired) electrons. The summed E-state index contributed by atoms with van der Waals surface area (Å²) >= 11 is 1.70. The summed E-state index contributed by atoms with van der Waals surface area (Å²) in [5, 5.41) is 9.35. The quantitative estimate of drug-likeness (QED) is 0.748. The van der Waals surface area contributed by atoms with Gasteiger partial charge < -0.3 is 10.6 Å². The van der Waals surface area contributed by atoms with Gasteiger partial charge in [-0.15, -0.1) is 11.3 Å². The summed E-state index contributed by atoms with van der Waals surface area (Å²) in [7, 11) is 0. The van der Waals surface area contributed by atoms with Crippen molar-refractivity contribution in [3.63, 3.8) is 0 Å². The summed E-state index contributed by atoms with van der Waals surface area (Å²) in [6.07, 6.45) is 4.45. The van der Waals surface area contributed by atoms with Crippen LogP contribution in [0.4, 0.5) is 0 Å². The van der Waals surface area contributed by atoms with Gasteiger partial charge in [-0.3, -0.25) is 4.79 Å². The molecule has 1 saturated carbocycles. The molecule has 1 fully saturated rings. The molecule has 1 aliphatic rings. The van der Waals surface area contributed by atoms with Gasteiger partial charge in [-0.25, -0.2) is 4.98 Å². The summed E-state index contributed by atoms with van der Waals surface area (Å²) < 4.78 is 0. The first kappa shape index (κ1) is 13.5. The topological polar surface area (TPSA) is 54.0 Å². The zero-order valence-electron chi connectivity index (χ0n) is 10.9. The molecule has 1 aromatic rings. The Bertz CT molecular complexity index is 387. The van der Waals surface area contributed by atoms with Gasteiger partial charge in [0.1, 0.15) is 0 Å². The second kappa shape index (κ2) is 6.85. The number of carbonyl (C=O) groups excluding carboxylic acids is 1. The maximum Gasteiger partial charge on any atom is 0.233 e. The van der Waals surface area contributed by atoms with E-state index in [0.29, 0.717) is 13.1 Å². The zero-order chi connectivity index (χ0) is 12.8. The Kier molecular flexibility index (Phi) is 5.13. The van der Waals surface area contributed by atoms with Crippen molar-refractivity contribution in [1.82, 2.24) is 15.6 Å². The third-order valence-electron chi connectivity index (χ3n) is 3.02. The maximum atomic E-state index is 11.5. The number of nitrogens with zero attached hydrogens (tertiary/aromatic N) is 1. The second-order valence-corrected chi connectivity index (χ2v) is 5.70. The van der Waals surface area contributed by atoms with Crippen molar-refractivity contribution in [3.8, 4) is 0 Å². The van der Waals surface area contributed by atoms with Gasteiger partial charge in [0.2, 0.25) is 5.91 Å². The van der Waals surface area contributed by atoms with Crippen LogP contribution in [0.3, 0.4) is 0 Å². The Morgan fingerprint density at radius 1 is 1.56 bits per heavy atom. The van der Waals surface area contributed by atoms with E-state index in [1.165, 1.54) is 17.8 Å². The van der Waals surface area contributed by atoms with Crippen LogP contribution in [0.15, 0.2) is 5.38 Å². The molecule has 1 heterocycles. The van der Waals surface area contributed by atoms with Crippen molar-refractivity contribution < 1.29 is 4.79 Å². The summed E-state index contributed by atoms with van der Waals surface area (Å²) in [6.45, 7) is 4.21. The molecule has 0 saturated heterocycles. The summed E-state index contributed by atoms with van der Waals surface area (Å²) in [4.78, 5) is 16.0. The third-order valence-corrected chi connectivity index (χ3v) is 4.06. The maximum absolute atomic E-state index is 11.5. The zero-order valence-corrected chi connectivity index (χ0v) is 11.7. The van der Waals surface area contributed by atoms with Gasteiger partial charge in [0.25, 0.3) is 0 Å². The monoisotopic (exact) mass is 267 g/mol. The molecule has 0 bridgehead atoms. The Hall–Kier alpha value is -0.940. The highest BCUT2D eigenvalue weighted by molar-refractivity contribution is 7.09. The predicted molar refractivity (Wildman–Crippen MR) is 73.8 cm³/mol. The largest absolute Gasteiger partial charge is 0.355 e. The molecular formula is C13H21N3OS. The third kappa shape index (κ3) is 4.74. The van der Waals surface area contributed by atoms with Crippen LogP contribution in [0, 0.1) is 5.92 Å². The number of aryl methyl sites for hydroxylation is 1. The molecule has 5 heteroatoms. The molecule has 2 rings (SSSR count). The van der Waals surface area contributed by atoms with Crippen LogP contribution < -0.4 is 10.6 Å². The average molecular weight is 267 g/mol. The van der Waals surface area contributed by atoms with Gasteiger partial charge in [0.15, 0.2) is 0 Å². The molecule has 0 unspecified atom stereocenters. The lowest BCUT2D eigenvalue weighted by Gasteiger charge is -2.05. The standard InChI is InChI=1S/C13H21N3OS/c1-2-13-16-11(9-18-13)5-6-15-12(17)8-14-7-10-3-4-10/h9-10,14H,2-8H2,1H3,(H,15,17). The van der Waals surface area contributed by atoms with Gasteiger partial charge in [0, 0.05) is 18.3 Å². The number of carbonyl (C=O) groups is 1. The van der Waals surface area contributed by atoms with E-state index >= 15 is 0 Å². The van der Waals surface area contributed by atoms with Crippen LogP contribution in [0.1, 0.15) is 30.5 Å². The highest BCUT2D eigenvalue weighted by Gasteiger charge is 2.20. The molecule has 0 aliphatic heterocycles. The van der Waals surface area contributed by atoms with Crippen LogP contribution in [-0.2, 0) is 17.6 Å². The number of hydrogen-bond donors (Lipinski definition) is 2. The van der Waals surface area contributed by atoms with Crippen LogP contribution in [-0.4, -0.2) is 30.5 Å². The number of rotatable bonds is 8. The van der Waals surface area contributed by atoms with E-state index in [-0.39, 0.29) is 5.91 Å². The van der Waals surface area contributed by atoms with Crippen LogP contribution in [0.2, 0.25) is 0 Å². The van der Waals surface area contributed by atoms with Crippen LogP contribution >= 0.6 is 11.3 Å². The van der Waals surface area contributed by atoms with Gasteiger partial charge >= 0.3 is 0 Å². The first-order chi connectivity index (χ1) is 8.78. The van der Waals surface area contributed by atoms with E-state index < -0.39 is 0 Å². The predicted octanol–water partition coefficient (Wildman–Crippen LogP) is 1.36. The molecule has 1 aromatic heterocycles. The molecule has 18 heavy (non-hydrogen) atoms. The van der Waals surface area contributed by atoms with E-state index in [2.05, 4.69) is 27.9 Å².